The van der Waals surface area contributed by atoms with Crippen molar-refractivity contribution in [2.24, 2.45) is 0 Å². The van der Waals surface area contributed by atoms with Crippen molar-refractivity contribution in [1.29, 1.82) is 0 Å². The molecular weight excluding hydrogens is 322 g/mol. The average Bonchev–Trinajstić information content (AvgIpc) is 3.08. The largest absolute Gasteiger partial charge is 0.496 e. The van der Waals surface area contributed by atoms with Crippen molar-refractivity contribution in [2.45, 2.75) is 0 Å². The highest BCUT2D eigenvalue weighted by Gasteiger charge is 2.17. The number of carbonyl (C=O) groups is 1. The molecule has 24 heavy (non-hydrogen) atoms. The van der Waals surface area contributed by atoms with Gasteiger partial charge in [-0.05, 0) is 46.1 Å². The second kappa shape index (κ2) is 5.62. The normalized spacial score (nSPS) is 11.0. The van der Waals surface area contributed by atoms with Gasteiger partial charge in [-0.3, -0.25) is 0 Å². The van der Waals surface area contributed by atoms with Crippen LogP contribution in [-0.2, 0) is 0 Å². The Kier molecular flexibility index (Phi) is 3.43. The molecule has 5 heteroatoms. The first-order valence-corrected chi connectivity index (χ1v) is 8.15. The van der Waals surface area contributed by atoms with Crippen LogP contribution in [-0.4, -0.2) is 22.6 Å². The van der Waals surface area contributed by atoms with Gasteiger partial charge in [-0.1, -0.05) is 30.3 Å². The zero-order chi connectivity index (χ0) is 16.7. The molecule has 0 fully saturated rings. The first-order valence-electron chi connectivity index (χ1n) is 7.37. The van der Waals surface area contributed by atoms with Gasteiger partial charge < -0.3 is 9.84 Å². The van der Waals surface area contributed by atoms with Gasteiger partial charge in [0, 0.05) is 17.1 Å². The topological polar surface area (TPSA) is 59.4 Å². The zero-order valence-corrected chi connectivity index (χ0v) is 13.6. The molecule has 1 heterocycles. The molecule has 0 amide bonds. The summed E-state index contributed by atoms with van der Waals surface area (Å²) in [4.78, 5) is 11.5. The maximum atomic E-state index is 11.5. The van der Waals surface area contributed by atoms with E-state index in [4.69, 9.17) is 4.74 Å². The average molecular weight is 335 g/mol. The van der Waals surface area contributed by atoms with Crippen molar-refractivity contribution in [3.8, 4) is 16.9 Å². The van der Waals surface area contributed by atoms with Gasteiger partial charge in [-0.15, -0.1) is 0 Å². The third-order valence-electron chi connectivity index (χ3n) is 4.13. The van der Waals surface area contributed by atoms with Crippen LogP contribution in [0.15, 0.2) is 54.7 Å². The van der Waals surface area contributed by atoms with Gasteiger partial charge >= 0.3 is 5.97 Å². The molecule has 0 bridgehead atoms. The Morgan fingerprint density at radius 1 is 1.08 bits per heavy atom. The van der Waals surface area contributed by atoms with E-state index in [1.54, 1.807) is 13.2 Å². The minimum absolute atomic E-state index is 0.296. The van der Waals surface area contributed by atoms with E-state index in [9.17, 15) is 9.90 Å². The van der Waals surface area contributed by atoms with E-state index in [2.05, 4.69) is 4.37 Å². The molecule has 1 N–H and O–H groups in total. The van der Waals surface area contributed by atoms with E-state index in [1.807, 2.05) is 48.7 Å². The summed E-state index contributed by atoms with van der Waals surface area (Å²) >= 11 is 1.41. The minimum atomic E-state index is -0.930. The van der Waals surface area contributed by atoms with Crippen molar-refractivity contribution < 1.29 is 14.6 Å². The van der Waals surface area contributed by atoms with Crippen LogP contribution in [0.3, 0.4) is 0 Å². The second-order valence-corrected chi connectivity index (χ2v) is 6.20. The number of aromatic carboxylic acids is 1. The van der Waals surface area contributed by atoms with Crippen LogP contribution in [0.1, 0.15) is 10.4 Å². The van der Waals surface area contributed by atoms with Crippen LogP contribution in [0.2, 0.25) is 0 Å². The number of rotatable bonds is 3. The molecule has 0 aliphatic rings. The molecule has 118 valence electrons. The van der Waals surface area contributed by atoms with E-state index >= 15 is 0 Å². The predicted octanol–water partition coefficient (Wildman–Crippen LogP) is 4.82. The summed E-state index contributed by atoms with van der Waals surface area (Å²) in [5, 5.41) is 12.1. The SMILES string of the molecule is COc1ccc2cnsc2c1-c1ccc(C(=O)O)c2ccccc12. The van der Waals surface area contributed by atoms with Gasteiger partial charge in [0.25, 0.3) is 0 Å². The van der Waals surface area contributed by atoms with Crippen LogP contribution in [0.5, 0.6) is 5.75 Å². The lowest BCUT2D eigenvalue weighted by Crippen LogP contribution is -1.98. The molecule has 1 aromatic heterocycles. The first kappa shape index (κ1) is 14.7. The summed E-state index contributed by atoms with van der Waals surface area (Å²) in [5.41, 5.74) is 2.19. The summed E-state index contributed by atoms with van der Waals surface area (Å²) in [6.07, 6.45) is 1.83. The summed E-state index contributed by atoms with van der Waals surface area (Å²) in [5.74, 6) is -0.180. The predicted molar refractivity (Wildman–Crippen MR) is 96.1 cm³/mol. The molecule has 0 aliphatic carbocycles. The maximum Gasteiger partial charge on any atom is 0.336 e. The number of hydrogen-bond donors (Lipinski definition) is 1. The standard InChI is InChI=1S/C19H13NO3S/c1-23-16-9-6-11-10-20-24-18(11)17(16)14-7-8-15(19(21)22)13-5-3-2-4-12(13)14/h2-10H,1H3,(H,21,22). The Labute approximate surface area is 142 Å². The van der Waals surface area contributed by atoms with Crippen molar-refractivity contribution in [2.75, 3.05) is 7.11 Å². The molecule has 4 rings (SSSR count). The molecule has 0 spiro atoms. The van der Waals surface area contributed by atoms with E-state index in [0.29, 0.717) is 10.9 Å². The molecule has 3 aromatic carbocycles. The first-order chi connectivity index (χ1) is 11.7. The van der Waals surface area contributed by atoms with Gasteiger partial charge in [-0.2, -0.15) is 4.37 Å². The fourth-order valence-electron chi connectivity index (χ4n) is 3.05. The smallest absolute Gasteiger partial charge is 0.336 e. The zero-order valence-electron chi connectivity index (χ0n) is 12.8. The summed E-state index contributed by atoms with van der Waals surface area (Å²) in [7, 11) is 1.64. The molecule has 0 unspecified atom stereocenters. The monoisotopic (exact) mass is 335 g/mol. The van der Waals surface area contributed by atoms with Crippen LogP contribution in [0, 0.1) is 0 Å². The molecule has 4 aromatic rings. The van der Waals surface area contributed by atoms with E-state index in [-0.39, 0.29) is 0 Å². The van der Waals surface area contributed by atoms with E-state index in [1.165, 1.54) is 11.5 Å². The molecule has 4 nitrogen and oxygen atoms in total. The Morgan fingerprint density at radius 3 is 2.62 bits per heavy atom. The number of carboxylic acids is 1. The summed E-state index contributed by atoms with van der Waals surface area (Å²) in [6, 6.07) is 14.9. The number of fused-ring (bicyclic) bond motifs is 2. The van der Waals surface area contributed by atoms with Gasteiger partial charge in [0.15, 0.2) is 0 Å². The van der Waals surface area contributed by atoms with E-state index < -0.39 is 5.97 Å². The van der Waals surface area contributed by atoms with Crippen LogP contribution < -0.4 is 4.74 Å². The number of nitrogens with zero attached hydrogens (tertiary/aromatic N) is 1. The van der Waals surface area contributed by atoms with Crippen molar-refractivity contribution >= 4 is 38.4 Å². The van der Waals surface area contributed by atoms with Gasteiger partial charge in [0.05, 0.1) is 17.4 Å². The lowest BCUT2D eigenvalue weighted by Gasteiger charge is -2.13. The number of methoxy groups -OCH3 is 1. The Hall–Kier alpha value is -2.92. The van der Waals surface area contributed by atoms with Gasteiger partial charge in [-0.25, -0.2) is 4.79 Å². The highest BCUT2D eigenvalue weighted by molar-refractivity contribution is 7.14. The molecule has 0 saturated carbocycles. The number of benzene rings is 3. The fraction of sp³-hybridized carbons (Fsp3) is 0.0526. The highest BCUT2D eigenvalue weighted by atomic mass is 32.1. The third kappa shape index (κ3) is 2.13. The summed E-state index contributed by atoms with van der Waals surface area (Å²) < 4.78 is 10.9. The Balaban J connectivity index is 2.14. The van der Waals surface area contributed by atoms with E-state index in [0.717, 1.165) is 32.3 Å². The third-order valence-corrected chi connectivity index (χ3v) is 4.96. The van der Waals surface area contributed by atoms with Crippen LogP contribution in [0.25, 0.3) is 32.0 Å². The van der Waals surface area contributed by atoms with Gasteiger partial charge in [0.1, 0.15) is 5.75 Å². The number of aromatic nitrogens is 1. The Morgan fingerprint density at radius 2 is 1.88 bits per heavy atom. The van der Waals surface area contributed by atoms with Crippen molar-refractivity contribution in [1.82, 2.24) is 4.37 Å². The molecule has 0 aliphatic heterocycles. The molecule has 0 saturated heterocycles. The highest BCUT2D eigenvalue weighted by Crippen LogP contribution is 2.42. The Bertz CT molecular complexity index is 1080. The van der Waals surface area contributed by atoms with Crippen LogP contribution in [0.4, 0.5) is 0 Å². The lowest BCUT2D eigenvalue weighted by atomic mass is 9.94. The fourth-order valence-corrected chi connectivity index (χ4v) is 3.84. The van der Waals surface area contributed by atoms with Crippen molar-refractivity contribution in [3.05, 3.63) is 60.3 Å². The molecular formula is C19H13NO3S. The van der Waals surface area contributed by atoms with Crippen LogP contribution >= 0.6 is 11.5 Å². The maximum absolute atomic E-state index is 11.5. The number of hydrogen-bond acceptors (Lipinski definition) is 4. The lowest BCUT2D eigenvalue weighted by molar-refractivity contribution is 0.0699. The number of ether oxygens (including phenoxy) is 1. The molecule has 0 atom stereocenters. The minimum Gasteiger partial charge on any atom is -0.496 e. The second-order valence-electron chi connectivity index (χ2n) is 5.40. The summed E-state index contributed by atoms with van der Waals surface area (Å²) in [6.45, 7) is 0. The quantitative estimate of drug-likeness (QED) is 0.583. The van der Waals surface area contributed by atoms with Gasteiger partial charge in [0.2, 0.25) is 0 Å². The van der Waals surface area contributed by atoms with Crippen molar-refractivity contribution in [3.63, 3.8) is 0 Å². The molecule has 0 radical (unpaired) electrons. The number of carboxylic acid groups (broad SMARTS) is 1.